The van der Waals surface area contributed by atoms with Gasteiger partial charge in [-0.2, -0.15) is 14.0 Å². The molecule has 0 saturated heterocycles. The largest absolute Gasteiger partial charge is 0.493 e. The number of carbonyl (C=O) groups excluding carboxylic acids is 1. The lowest BCUT2D eigenvalue weighted by Gasteiger charge is -2.15. The maximum Gasteiger partial charge on any atom is 0.387 e. The molecular weight excluding hydrogens is 292 g/mol. The van der Waals surface area contributed by atoms with Gasteiger partial charge in [0.2, 0.25) is 0 Å². The predicted molar refractivity (Wildman–Crippen MR) is 77.7 cm³/mol. The van der Waals surface area contributed by atoms with Crippen LogP contribution in [0.5, 0.6) is 11.5 Å². The van der Waals surface area contributed by atoms with Gasteiger partial charge in [0.05, 0.1) is 12.7 Å². The minimum atomic E-state index is -2.97. The molecule has 1 aromatic carbocycles. The SMILES string of the molecule is COc1cc(/C=C(/C#N)C(=O)C(C)(C)C)ccc1OC(F)F. The molecule has 6 heteroatoms. The standard InChI is InChI=1S/C16H17F2NO3/c1-16(2,3)14(20)11(9-19)7-10-5-6-12(22-15(17)18)13(8-10)21-4/h5-8,15H,1-4H3/b11-7-. The van der Waals surface area contributed by atoms with E-state index in [1.165, 1.54) is 31.4 Å². The summed E-state index contributed by atoms with van der Waals surface area (Å²) in [5.41, 5.74) is -0.227. The van der Waals surface area contributed by atoms with E-state index >= 15 is 0 Å². The van der Waals surface area contributed by atoms with Crippen molar-refractivity contribution in [3.05, 3.63) is 29.3 Å². The van der Waals surface area contributed by atoms with Crippen molar-refractivity contribution in [2.75, 3.05) is 7.11 Å². The Balaban J connectivity index is 3.19. The van der Waals surface area contributed by atoms with Gasteiger partial charge < -0.3 is 9.47 Å². The lowest BCUT2D eigenvalue weighted by atomic mass is 9.86. The Morgan fingerprint density at radius 1 is 1.32 bits per heavy atom. The number of hydrogen-bond acceptors (Lipinski definition) is 4. The molecule has 1 rings (SSSR count). The summed E-state index contributed by atoms with van der Waals surface area (Å²) in [5, 5.41) is 9.13. The number of halogens is 2. The highest BCUT2D eigenvalue weighted by atomic mass is 19.3. The maximum atomic E-state index is 12.3. The Kier molecular flexibility index (Phi) is 5.63. The van der Waals surface area contributed by atoms with Crippen LogP contribution in [0.3, 0.4) is 0 Å². The number of Topliss-reactive ketones (excluding diaryl/α,β-unsaturated/α-hetero) is 1. The first-order chi connectivity index (χ1) is 10.2. The number of allylic oxidation sites excluding steroid dienone is 1. The molecule has 1 aromatic rings. The fourth-order valence-corrected chi connectivity index (χ4v) is 1.69. The molecule has 118 valence electrons. The van der Waals surface area contributed by atoms with E-state index in [0.29, 0.717) is 5.56 Å². The highest BCUT2D eigenvalue weighted by Gasteiger charge is 2.25. The van der Waals surface area contributed by atoms with E-state index in [0.717, 1.165) is 0 Å². The molecule has 0 fully saturated rings. The smallest absolute Gasteiger partial charge is 0.387 e. The average Bonchev–Trinajstić information content (AvgIpc) is 2.43. The summed E-state index contributed by atoms with van der Waals surface area (Å²) in [6.45, 7) is 2.16. The molecule has 0 bridgehead atoms. The Morgan fingerprint density at radius 2 is 1.95 bits per heavy atom. The van der Waals surface area contributed by atoms with E-state index in [1.807, 2.05) is 6.07 Å². The number of nitriles is 1. The van der Waals surface area contributed by atoms with Crippen LogP contribution in [0.2, 0.25) is 0 Å². The van der Waals surface area contributed by atoms with Crippen molar-refractivity contribution >= 4 is 11.9 Å². The maximum absolute atomic E-state index is 12.3. The van der Waals surface area contributed by atoms with Gasteiger partial charge >= 0.3 is 6.61 Å². The second-order valence-electron chi connectivity index (χ2n) is 5.54. The average molecular weight is 309 g/mol. The first kappa shape index (κ1) is 17.6. The van der Waals surface area contributed by atoms with Crippen LogP contribution in [-0.4, -0.2) is 19.5 Å². The van der Waals surface area contributed by atoms with Gasteiger partial charge in [-0.25, -0.2) is 0 Å². The number of methoxy groups -OCH3 is 1. The predicted octanol–water partition coefficient (Wildman–Crippen LogP) is 3.82. The van der Waals surface area contributed by atoms with E-state index < -0.39 is 12.0 Å². The molecule has 0 aliphatic rings. The number of benzene rings is 1. The van der Waals surface area contributed by atoms with Crippen LogP contribution < -0.4 is 9.47 Å². The van der Waals surface area contributed by atoms with Gasteiger partial charge in [0.25, 0.3) is 0 Å². The van der Waals surface area contributed by atoms with Gasteiger partial charge in [0.1, 0.15) is 6.07 Å². The van der Waals surface area contributed by atoms with E-state index in [2.05, 4.69) is 4.74 Å². The van der Waals surface area contributed by atoms with Crippen LogP contribution in [0, 0.1) is 16.7 Å². The molecule has 0 unspecified atom stereocenters. The Bertz CT molecular complexity index is 625. The summed E-state index contributed by atoms with van der Waals surface area (Å²) in [6, 6.07) is 6.05. The zero-order valence-electron chi connectivity index (χ0n) is 12.8. The molecular formula is C16H17F2NO3. The molecule has 0 amide bonds. The van der Waals surface area contributed by atoms with Crippen molar-refractivity contribution in [3.8, 4) is 17.6 Å². The first-order valence-electron chi connectivity index (χ1n) is 6.48. The second kappa shape index (κ2) is 7.03. The number of rotatable bonds is 5. The molecule has 0 N–H and O–H groups in total. The Hall–Kier alpha value is -2.42. The number of ether oxygens (including phenoxy) is 2. The number of carbonyl (C=O) groups is 1. The number of ketones is 1. The fraction of sp³-hybridized carbons (Fsp3) is 0.375. The highest BCUT2D eigenvalue weighted by Crippen LogP contribution is 2.30. The van der Waals surface area contributed by atoms with Crippen LogP contribution in [0.15, 0.2) is 23.8 Å². The van der Waals surface area contributed by atoms with Crippen LogP contribution in [0.1, 0.15) is 26.3 Å². The van der Waals surface area contributed by atoms with Crippen molar-refractivity contribution in [2.24, 2.45) is 5.41 Å². The van der Waals surface area contributed by atoms with E-state index in [1.54, 1.807) is 20.8 Å². The van der Waals surface area contributed by atoms with Crippen molar-refractivity contribution in [1.29, 1.82) is 5.26 Å². The van der Waals surface area contributed by atoms with Gasteiger partial charge in [-0.15, -0.1) is 0 Å². The molecule has 0 atom stereocenters. The molecule has 0 aliphatic heterocycles. The summed E-state index contributed by atoms with van der Waals surface area (Å²) in [4.78, 5) is 12.1. The minimum absolute atomic E-state index is 0.0166. The third kappa shape index (κ3) is 4.55. The summed E-state index contributed by atoms with van der Waals surface area (Å²) in [5.74, 6) is -0.327. The minimum Gasteiger partial charge on any atom is -0.493 e. The molecule has 4 nitrogen and oxygen atoms in total. The summed E-state index contributed by atoms with van der Waals surface area (Å²) in [6.07, 6.45) is 1.39. The van der Waals surface area contributed by atoms with Gasteiger partial charge in [-0.3, -0.25) is 4.79 Å². The van der Waals surface area contributed by atoms with E-state index in [-0.39, 0.29) is 22.9 Å². The quantitative estimate of drug-likeness (QED) is 0.613. The summed E-state index contributed by atoms with van der Waals surface area (Å²) in [7, 11) is 1.31. The van der Waals surface area contributed by atoms with Gasteiger partial charge in [0.15, 0.2) is 17.3 Å². The monoisotopic (exact) mass is 309 g/mol. The number of nitrogens with zero attached hydrogens (tertiary/aromatic N) is 1. The van der Waals surface area contributed by atoms with Crippen LogP contribution >= 0.6 is 0 Å². The normalized spacial score (nSPS) is 12.0. The molecule has 0 aromatic heterocycles. The third-order valence-electron chi connectivity index (χ3n) is 2.76. The molecule has 0 radical (unpaired) electrons. The molecule has 0 saturated carbocycles. The van der Waals surface area contributed by atoms with Crippen LogP contribution in [0.4, 0.5) is 8.78 Å². The van der Waals surface area contributed by atoms with Gasteiger partial charge in [-0.05, 0) is 23.8 Å². The lowest BCUT2D eigenvalue weighted by Crippen LogP contribution is -2.21. The van der Waals surface area contributed by atoms with Gasteiger partial charge in [-0.1, -0.05) is 26.8 Å². The molecule has 0 aliphatic carbocycles. The Morgan fingerprint density at radius 3 is 2.41 bits per heavy atom. The number of alkyl halides is 2. The van der Waals surface area contributed by atoms with Crippen molar-refractivity contribution < 1.29 is 23.0 Å². The summed E-state index contributed by atoms with van der Waals surface area (Å²) >= 11 is 0. The summed E-state index contributed by atoms with van der Waals surface area (Å²) < 4.78 is 33.8. The molecule has 22 heavy (non-hydrogen) atoms. The van der Waals surface area contributed by atoms with Crippen molar-refractivity contribution in [3.63, 3.8) is 0 Å². The van der Waals surface area contributed by atoms with E-state index in [9.17, 15) is 13.6 Å². The highest BCUT2D eigenvalue weighted by molar-refractivity contribution is 6.06. The first-order valence-corrected chi connectivity index (χ1v) is 6.48. The van der Waals surface area contributed by atoms with Gasteiger partial charge in [0, 0.05) is 5.41 Å². The lowest BCUT2D eigenvalue weighted by molar-refractivity contribution is -0.121. The molecule has 0 heterocycles. The molecule has 0 spiro atoms. The third-order valence-corrected chi connectivity index (χ3v) is 2.76. The zero-order chi connectivity index (χ0) is 16.9. The topological polar surface area (TPSA) is 59.3 Å². The fourth-order valence-electron chi connectivity index (χ4n) is 1.69. The Labute approximate surface area is 128 Å². The number of hydrogen-bond donors (Lipinski definition) is 0. The van der Waals surface area contributed by atoms with Crippen LogP contribution in [-0.2, 0) is 4.79 Å². The van der Waals surface area contributed by atoms with Crippen molar-refractivity contribution in [1.82, 2.24) is 0 Å². The zero-order valence-corrected chi connectivity index (χ0v) is 12.8. The van der Waals surface area contributed by atoms with E-state index in [4.69, 9.17) is 10.00 Å². The second-order valence-corrected chi connectivity index (χ2v) is 5.54. The van der Waals surface area contributed by atoms with Crippen molar-refractivity contribution in [2.45, 2.75) is 27.4 Å². The van der Waals surface area contributed by atoms with Crippen LogP contribution in [0.25, 0.3) is 6.08 Å².